The van der Waals surface area contributed by atoms with Crippen LogP contribution in [0.25, 0.3) is 0 Å². The van der Waals surface area contributed by atoms with Crippen LogP contribution in [0.5, 0.6) is 0 Å². The number of anilines is 3. The van der Waals surface area contributed by atoms with Crippen LogP contribution in [0.3, 0.4) is 0 Å². The van der Waals surface area contributed by atoms with E-state index in [0.29, 0.717) is 29.2 Å². The third kappa shape index (κ3) is 4.38. The van der Waals surface area contributed by atoms with Gasteiger partial charge in [0, 0.05) is 42.0 Å². The number of carbonyl (C=O) groups excluding carboxylic acids is 3. The van der Waals surface area contributed by atoms with Gasteiger partial charge in [-0.3, -0.25) is 19.3 Å². The molecule has 0 aliphatic carbocycles. The molecule has 5 rings (SSSR count). The van der Waals surface area contributed by atoms with E-state index >= 15 is 4.11 Å². The number of amides is 3. The van der Waals surface area contributed by atoms with Crippen molar-refractivity contribution < 1.29 is 28.3 Å². The van der Waals surface area contributed by atoms with E-state index in [-0.39, 0.29) is 30.9 Å². The Labute approximate surface area is 229 Å². The fraction of sp³-hybridized carbons (Fsp3) is 0.483. The zero-order valence-electron chi connectivity index (χ0n) is 22.8. The molecule has 2 fully saturated rings. The van der Waals surface area contributed by atoms with Gasteiger partial charge in [0.2, 0.25) is 20.7 Å². The van der Waals surface area contributed by atoms with Crippen LogP contribution < -0.4 is 9.80 Å². The van der Waals surface area contributed by atoms with Crippen molar-refractivity contribution in [3.63, 3.8) is 0 Å². The van der Waals surface area contributed by atoms with Crippen molar-refractivity contribution in [2.45, 2.75) is 62.6 Å². The first-order chi connectivity index (χ1) is 18.5. The topological polar surface area (TPSA) is 90.4 Å². The molecule has 39 heavy (non-hydrogen) atoms. The molecule has 0 aromatic heterocycles. The summed E-state index contributed by atoms with van der Waals surface area (Å²) in [6.45, 7) is 5.48. The minimum absolute atomic E-state index is 0.0515. The minimum atomic E-state index is -3.43. The zero-order valence-corrected chi connectivity index (χ0v) is 23.8. The van der Waals surface area contributed by atoms with Crippen molar-refractivity contribution in [2.75, 3.05) is 30.0 Å². The summed E-state index contributed by atoms with van der Waals surface area (Å²) < 4.78 is 22.6. The second kappa shape index (κ2) is 10.1. The quantitative estimate of drug-likeness (QED) is 0.317. The number of aliphatic hydroxyl groups excluding tert-OH is 1. The summed E-state index contributed by atoms with van der Waals surface area (Å²) in [5.41, 5.74) is 0.360. The first-order valence-electron chi connectivity index (χ1n) is 13.5. The van der Waals surface area contributed by atoms with E-state index in [0.717, 1.165) is 19.3 Å². The first kappa shape index (κ1) is 27.5. The van der Waals surface area contributed by atoms with Crippen molar-refractivity contribution in [1.29, 1.82) is 0 Å². The maximum absolute atomic E-state index is 16.0. The molecule has 208 valence electrons. The number of hydrogen-bond donors (Lipinski definition) is 1. The lowest BCUT2D eigenvalue weighted by Crippen LogP contribution is -2.44. The fourth-order valence-electron chi connectivity index (χ4n) is 6.99. The Morgan fingerprint density at radius 2 is 1.95 bits per heavy atom. The Hall–Kier alpha value is -3.08. The fourth-order valence-corrected chi connectivity index (χ4v) is 9.49. The molecule has 5 atom stereocenters. The third-order valence-electron chi connectivity index (χ3n) is 8.78. The first-order valence-corrected chi connectivity index (χ1v) is 16.5. The summed E-state index contributed by atoms with van der Waals surface area (Å²) in [7, 11) is -1.76. The summed E-state index contributed by atoms with van der Waals surface area (Å²) in [5.74, 6) is -1.03. The molecule has 2 aromatic rings. The van der Waals surface area contributed by atoms with Gasteiger partial charge in [-0.1, -0.05) is 25.1 Å². The highest BCUT2D eigenvalue weighted by atomic mass is 28.4. The maximum Gasteiger partial charge on any atom is 0.264 e. The molecule has 3 aliphatic heterocycles. The number of para-hydroxylation sites is 1. The highest BCUT2D eigenvalue weighted by Gasteiger charge is 2.66. The van der Waals surface area contributed by atoms with Gasteiger partial charge in [0.15, 0.2) is 5.60 Å². The van der Waals surface area contributed by atoms with Gasteiger partial charge in [0.25, 0.3) is 5.91 Å². The van der Waals surface area contributed by atoms with Crippen molar-refractivity contribution in [2.24, 2.45) is 5.92 Å². The summed E-state index contributed by atoms with van der Waals surface area (Å²) in [6, 6.07) is 14.3. The smallest absolute Gasteiger partial charge is 0.264 e. The predicted molar refractivity (Wildman–Crippen MR) is 149 cm³/mol. The Balaban J connectivity index is 1.56. The molecule has 0 bridgehead atoms. The number of fused-ring (bicyclic) bond motifs is 2. The number of halogens is 1. The van der Waals surface area contributed by atoms with Crippen LogP contribution in [0.15, 0.2) is 48.5 Å². The highest BCUT2D eigenvalue weighted by molar-refractivity contribution is 6.72. The van der Waals surface area contributed by atoms with Crippen LogP contribution in [-0.4, -0.2) is 69.0 Å². The van der Waals surface area contributed by atoms with E-state index in [1.165, 1.54) is 9.80 Å². The standard InChI is InChI=1S/C29H36FN3O5Si/c1-19-27(39(3,4)30)25(16-26(36)32-14-8-11-22(32)17-34)38-29(19)23-15-21(12-13-24(23)31(2)28(29)37)33(18-35)20-9-6-5-7-10-20/h5-7,9-10,12-13,15,18-19,22,25,27,34H,8,11,14,16-17H2,1-4H3/t19-,22-,25+,27-,29+/m0/s1. The van der Waals surface area contributed by atoms with E-state index < -0.39 is 31.6 Å². The van der Waals surface area contributed by atoms with Gasteiger partial charge < -0.3 is 23.8 Å². The van der Waals surface area contributed by atoms with E-state index in [2.05, 4.69) is 0 Å². The Morgan fingerprint density at radius 3 is 2.59 bits per heavy atom. The second-order valence-electron chi connectivity index (χ2n) is 11.4. The molecule has 3 heterocycles. The molecule has 1 spiro atoms. The van der Waals surface area contributed by atoms with Gasteiger partial charge in [0.05, 0.1) is 30.9 Å². The van der Waals surface area contributed by atoms with Gasteiger partial charge >= 0.3 is 0 Å². The van der Waals surface area contributed by atoms with Crippen LogP contribution in [0.1, 0.15) is 31.7 Å². The summed E-state index contributed by atoms with van der Waals surface area (Å²) in [5, 5.41) is 9.73. The average Bonchev–Trinajstić information content (AvgIpc) is 3.56. The van der Waals surface area contributed by atoms with Gasteiger partial charge in [-0.05, 0) is 56.3 Å². The monoisotopic (exact) mass is 553 g/mol. The molecule has 0 unspecified atom stereocenters. The molecule has 2 aromatic carbocycles. The number of benzene rings is 2. The number of likely N-dealkylation sites (tertiary alicyclic amines) is 1. The number of aliphatic hydroxyl groups is 1. The zero-order chi connectivity index (χ0) is 28.1. The van der Waals surface area contributed by atoms with Gasteiger partial charge in [-0.25, -0.2) is 0 Å². The van der Waals surface area contributed by atoms with Crippen molar-refractivity contribution in [3.8, 4) is 0 Å². The normalized spacial score (nSPS) is 28.3. The lowest BCUT2D eigenvalue weighted by atomic mass is 9.82. The van der Waals surface area contributed by atoms with Crippen LogP contribution in [0.4, 0.5) is 21.2 Å². The van der Waals surface area contributed by atoms with E-state index in [9.17, 15) is 19.5 Å². The number of ether oxygens (including phenoxy) is 1. The summed E-state index contributed by atoms with van der Waals surface area (Å²) in [4.78, 5) is 44.2. The van der Waals surface area contributed by atoms with Crippen LogP contribution >= 0.6 is 0 Å². The Bertz CT molecular complexity index is 1270. The SMILES string of the molecule is C[C@H]1[C@H]([Si](C)(C)F)[C@@H](CC(=O)N2CCC[C@H]2CO)O[C@]12C(=O)N(C)c1ccc(N(C=O)c3ccccc3)cc12. The van der Waals surface area contributed by atoms with Crippen LogP contribution in [0, 0.1) is 5.92 Å². The number of hydrogen-bond acceptors (Lipinski definition) is 5. The largest absolute Gasteiger partial charge is 0.394 e. The van der Waals surface area contributed by atoms with Crippen molar-refractivity contribution in [1.82, 2.24) is 4.90 Å². The Morgan fingerprint density at radius 1 is 1.23 bits per heavy atom. The van der Waals surface area contributed by atoms with Crippen LogP contribution in [0.2, 0.25) is 18.6 Å². The van der Waals surface area contributed by atoms with E-state index in [1.54, 1.807) is 43.2 Å². The predicted octanol–water partition coefficient (Wildman–Crippen LogP) is 4.11. The highest BCUT2D eigenvalue weighted by Crippen LogP contribution is 2.60. The molecular formula is C29H36FN3O5Si. The Kier molecular flexibility index (Phi) is 7.15. The lowest BCUT2D eigenvalue weighted by molar-refractivity contribution is -0.149. The van der Waals surface area contributed by atoms with Gasteiger partial charge in [-0.2, -0.15) is 0 Å². The molecule has 3 aliphatic rings. The average molecular weight is 554 g/mol. The maximum atomic E-state index is 16.0. The molecular weight excluding hydrogens is 517 g/mol. The minimum Gasteiger partial charge on any atom is -0.394 e. The summed E-state index contributed by atoms with van der Waals surface area (Å²) in [6.07, 6.45) is 1.42. The number of nitrogens with zero attached hydrogens (tertiary/aromatic N) is 3. The molecule has 1 N–H and O–H groups in total. The molecule has 2 saturated heterocycles. The number of rotatable bonds is 7. The number of carbonyl (C=O) groups is 3. The van der Waals surface area contributed by atoms with Crippen molar-refractivity contribution >= 4 is 43.7 Å². The molecule has 3 amide bonds. The van der Waals surface area contributed by atoms with Gasteiger partial charge in [0.1, 0.15) is 0 Å². The number of likely N-dealkylation sites (N-methyl/N-ethyl adjacent to an activating group) is 1. The lowest BCUT2D eigenvalue weighted by Gasteiger charge is -2.31. The van der Waals surface area contributed by atoms with Crippen molar-refractivity contribution in [3.05, 3.63) is 54.1 Å². The molecule has 10 heteroatoms. The second-order valence-corrected chi connectivity index (χ2v) is 15.2. The summed E-state index contributed by atoms with van der Waals surface area (Å²) >= 11 is 0. The van der Waals surface area contributed by atoms with E-state index in [1.807, 2.05) is 37.3 Å². The third-order valence-corrected chi connectivity index (χ3v) is 11.2. The molecule has 0 saturated carbocycles. The van der Waals surface area contributed by atoms with E-state index in [4.69, 9.17) is 4.74 Å². The molecule has 8 nitrogen and oxygen atoms in total. The van der Waals surface area contributed by atoms with Crippen LogP contribution in [-0.2, 0) is 24.7 Å². The van der Waals surface area contributed by atoms with Gasteiger partial charge in [-0.15, -0.1) is 0 Å². The molecule has 0 radical (unpaired) electrons.